The molecule has 0 fully saturated rings. The van der Waals surface area contributed by atoms with E-state index >= 15 is 0 Å². The second-order valence-electron chi connectivity index (χ2n) is 11.9. The molecule has 6 heteroatoms. The van der Waals surface area contributed by atoms with Gasteiger partial charge in [-0.15, -0.1) is 0 Å². The van der Waals surface area contributed by atoms with Crippen molar-refractivity contribution in [2.24, 2.45) is 0 Å². The second kappa shape index (κ2) is 18.1. The zero-order valence-corrected chi connectivity index (χ0v) is 27.5. The van der Waals surface area contributed by atoms with Gasteiger partial charge in [0.15, 0.2) is 0 Å². The van der Waals surface area contributed by atoms with Crippen LogP contribution < -0.4 is 10.4 Å². The van der Waals surface area contributed by atoms with Crippen LogP contribution in [0.25, 0.3) is 0 Å². The van der Waals surface area contributed by atoms with Crippen molar-refractivity contribution in [3.05, 3.63) is 60.7 Å². The van der Waals surface area contributed by atoms with Gasteiger partial charge in [-0.3, -0.25) is 0 Å². The van der Waals surface area contributed by atoms with E-state index in [0.717, 1.165) is 51.4 Å². The average molecular weight is 573 g/mol. The fourth-order valence-electron chi connectivity index (χ4n) is 5.92. The predicted octanol–water partition coefficient (Wildman–Crippen LogP) is 6.76. The molecule has 2 aromatic rings. The van der Waals surface area contributed by atoms with Gasteiger partial charge in [0, 0.05) is 35.0 Å². The summed E-state index contributed by atoms with van der Waals surface area (Å²) in [6, 6.07) is 21.6. The number of ether oxygens (including phenoxy) is 4. The maximum Gasteiger partial charge on any atom is 0.261 e. The topological polar surface area (TPSA) is 46.2 Å². The Labute approximate surface area is 246 Å². The lowest BCUT2D eigenvalue weighted by Crippen LogP contribution is -2.66. The molecule has 0 aromatic heterocycles. The predicted molar refractivity (Wildman–Crippen MR) is 169 cm³/mol. The van der Waals surface area contributed by atoms with Crippen molar-refractivity contribution in [2.45, 2.75) is 109 Å². The first-order chi connectivity index (χ1) is 19.2. The molecule has 0 radical (unpaired) electrons. The molecule has 226 valence electrons. The first kappa shape index (κ1) is 34.7. The van der Waals surface area contributed by atoms with E-state index in [4.69, 9.17) is 23.4 Å². The first-order valence-corrected chi connectivity index (χ1v) is 17.0. The van der Waals surface area contributed by atoms with E-state index in [0.29, 0.717) is 12.7 Å². The molecule has 0 heterocycles. The van der Waals surface area contributed by atoms with Gasteiger partial charge in [0.2, 0.25) is 0 Å². The molecule has 0 bridgehead atoms. The minimum Gasteiger partial charge on any atom is -0.407 e. The van der Waals surface area contributed by atoms with Gasteiger partial charge in [-0.05, 0) is 60.4 Å². The first-order valence-electron chi connectivity index (χ1n) is 15.1. The molecule has 2 aromatic carbocycles. The van der Waals surface area contributed by atoms with E-state index in [9.17, 15) is 0 Å². The van der Waals surface area contributed by atoms with Crippen LogP contribution in [0.15, 0.2) is 60.7 Å². The van der Waals surface area contributed by atoms with Crippen molar-refractivity contribution in [3.8, 4) is 0 Å². The highest BCUT2D eigenvalue weighted by atomic mass is 28.4. The van der Waals surface area contributed by atoms with Gasteiger partial charge in [-0.1, -0.05) is 94.8 Å². The summed E-state index contributed by atoms with van der Waals surface area (Å²) in [5.74, 6) is 0. The van der Waals surface area contributed by atoms with Crippen LogP contribution in [-0.4, -0.2) is 67.8 Å². The molecule has 0 aliphatic carbocycles. The van der Waals surface area contributed by atoms with Gasteiger partial charge in [-0.2, -0.15) is 0 Å². The highest BCUT2D eigenvalue weighted by molar-refractivity contribution is 6.99. The van der Waals surface area contributed by atoms with Crippen molar-refractivity contribution < 1.29 is 23.4 Å². The van der Waals surface area contributed by atoms with E-state index in [1.165, 1.54) is 10.4 Å². The summed E-state index contributed by atoms with van der Waals surface area (Å²) in [6.07, 6.45) is 8.52. The molecule has 0 saturated carbocycles. The molecular formula is C34H56O5Si. The Morgan fingerprint density at radius 1 is 0.600 bits per heavy atom. The van der Waals surface area contributed by atoms with E-state index < -0.39 is 8.32 Å². The number of benzene rings is 2. The van der Waals surface area contributed by atoms with Crippen molar-refractivity contribution in [3.63, 3.8) is 0 Å². The highest BCUT2D eigenvalue weighted by Crippen LogP contribution is 2.37. The van der Waals surface area contributed by atoms with Crippen LogP contribution in [0.2, 0.25) is 5.04 Å². The van der Waals surface area contributed by atoms with Gasteiger partial charge in [0.1, 0.15) is 0 Å². The molecule has 40 heavy (non-hydrogen) atoms. The lowest BCUT2D eigenvalue weighted by Gasteiger charge is -2.43. The SMILES string of the molecule is CCC[C@H](CCC[C@H](C[C@H](C[C@H](CCO[Si](c1ccccc1)(c1ccccc1)C(C)(C)C)OC)OC)OC)OC. The highest BCUT2D eigenvalue weighted by Gasteiger charge is 2.50. The molecule has 0 spiro atoms. The average Bonchev–Trinajstić information content (AvgIpc) is 2.97. The lowest BCUT2D eigenvalue weighted by molar-refractivity contribution is -0.0208. The Bertz CT molecular complexity index is 862. The Morgan fingerprint density at radius 2 is 1.05 bits per heavy atom. The van der Waals surface area contributed by atoms with Crippen molar-refractivity contribution in [1.82, 2.24) is 0 Å². The molecule has 5 nitrogen and oxygen atoms in total. The molecule has 0 aliphatic rings. The zero-order valence-electron chi connectivity index (χ0n) is 26.5. The molecule has 4 atom stereocenters. The van der Waals surface area contributed by atoms with Crippen LogP contribution in [0, 0.1) is 0 Å². The second-order valence-corrected chi connectivity index (χ2v) is 16.2. The minimum atomic E-state index is -2.56. The lowest BCUT2D eigenvalue weighted by atomic mass is 9.99. The smallest absolute Gasteiger partial charge is 0.261 e. The summed E-state index contributed by atoms with van der Waals surface area (Å²) in [7, 11) is 4.66. The third-order valence-corrected chi connectivity index (χ3v) is 13.3. The molecule has 0 unspecified atom stereocenters. The van der Waals surface area contributed by atoms with Crippen LogP contribution in [0.5, 0.6) is 0 Å². The molecule has 0 saturated heterocycles. The Morgan fingerprint density at radius 3 is 1.48 bits per heavy atom. The number of methoxy groups -OCH3 is 4. The maximum atomic E-state index is 7.10. The van der Waals surface area contributed by atoms with Crippen molar-refractivity contribution in [2.75, 3.05) is 35.0 Å². The van der Waals surface area contributed by atoms with E-state index in [1.807, 2.05) is 14.2 Å². The van der Waals surface area contributed by atoms with E-state index in [2.05, 4.69) is 88.4 Å². The summed E-state index contributed by atoms with van der Waals surface area (Å²) in [4.78, 5) is 0. The summed E-state index contributed by atoms with van der Waals surface area (Å²) >= 11 is 0. The van der Waals surface area contributed by atoms with Gasteiger partial charge in [0.05, 0.1) is 24.4 Å². The largest absolute Gasteiger partial charge is 0.407 e. The molecular weight excluding hydrogens is 516 g/mol. The van der Waals surface area contributed by atoms with E-state index in [-0.39, 0.29) is 23.4 Å². The van der Waals surface area contributed by atoms with Gasteiger partial charge in [0.25, 0.3) is 8.32 Å². The van der Waals surface area contributed by atoms with Crippen LogP contribution in [0.4, 0.5) is 0 Å². The van der Waals surface area contributed by atoms with Crippen LogP contribution in [0.1, 0.15) is 79.1 Å². The summed E-state index contributed by atoms with van der Waals surface area (Å²) in [5.41, 5.74) is 0. The quantitative estimate of drug-likeness (QED) is 0.164. The summed E-state index contributed by atoms with van der Waals surface area (Å²) < 4.78 is 30.5. The molecule has 2 rings (SSSR count). The summed E-state index contributed by atoms with van der Waals surface area (Å²) in [5, 5.41) is 2.56. The van der Waals surface area contributed by atoms with Gasteiger partial charge < -0.3 is 23.4 Å². The summed E-state index contributed by atoms with van der Waals surface area (Å²) in [6.45, 7) is 9.78. The molecule has 0 amide bonds. The number of rotatable bonds is 20. The standard InChI is InChI=1S/C34H56O5Si/c1-9-17-28(35-5)18-16-19-29(36-6)26-31(38-8)27-30(37-7)24-25-39-40(34(2,3)4,32-20-12-10-13-21-32)33-22-14-11-15-23-33/h10-15,20-23,28-31H,9,16-19,24-27H2,1-8H3/t28-,29-,30+,31-/m1/s1. The molecule has 0 aliphatic heterocycles. The van der Waals surface area contributed by atoms with Crippen molar-refractivity contribution >= 4 is 18.7 Å². The number of hydrogen-bond acceptors (Lipinski definition) is 5. The van der Waals surface area contributed by atoms with Crippen LogP contribution >= 0.6 is 0 Å². The third kappa shape index (κ3) is 10.1. The van der Waals surface area contributed by atoms with Crippen LogP contribution in [0.3, 0.4) is 0 Å². The van der Waals surface area contributed by atoms with Gasteiger partial charge >= 0.3 is 0 Å². The minimum absolute atomic E-state index is 0.0437. The monoisotopic (exact) mass is 572 g/mol. The van der Waals surface area contributed by atoms with Crippen LogP contribution in [-0.2, 0) is 23.4 Å². The fraction of sp³-hybridized carbons (Fsp3) is 0.647. The molecule has 0 N–H and O–H groups in total. The normalized spacial score (nSPS) is 15.5. The maximum absolute atomic E-state index is 7.10. The third-order valence-electron chi connectivity index (χ3n) is 8.22. The van der Waals surface area contributed by atoms with Crippen molar-refractivity contribution in [1.29, 1.82) is 0 Å². The Balaban J connectivity index is 2.06. The van der Waals surface area contributed by atoms with Gasteiger partial charge in [-0.25, -0.2) is 0 Å². The number of hydrogen-bond donors (Lipinski definition) is 0. The zero-order chi connectivity index (χ0) is 29.4. The Kier molecular flexibility index (Phi) is 15.7. The fourth-order valence-corrected chi connectivity index (χ4v) is 10.5. The Hall–Kier alpha value is -1.54. The van der Waals surface area contributed by atoms with E-state index in [1.54, 1.807) is 14.2 Å².